The number of rotatable bonds is 5. The number of aryl methyl sites for hydroxylation is 1. The van der Waals surface area contributed by atoms with E-state index in [1.807, 2.05) is 0 Å². The summed E-state index contributed by atoms with van der Waals surface area (Å²) in [6, 6.07) is 4.95. The molecule has 1 aliphatic carbocycles. The van der Waals surface area contributed by atoms with Gasteiger partial charge in [0.2, 0.25) is 11.8 Å². The number of amides is 2. The van der Waals surface area contributed by atoms with Crippen LogP contribution < -0.4 is 5.32 Å². The second-order valence-corrected chi connectivity index (χ2v) is 7.91. The molecule has 1 aromatic heterocycles. The van der Waals surface area contributed by atoms with Crippen molar-refractivity contribution < 1.29 is 22.8 Å². The quantitative estimate of drug-likeness (QED) is 0.781. The maximum absolute atomic E-state index is 12.9. The second-order valence-electron chi connectivity index (χ2n) is 7.91. The highest BCUT2D eigenvalue weighted by Gasteiger charge is 2.32. The lowest BCUT2D eigenvalue weighted by Crippen LogP contribution is -2.45. The number of aromatic nitrogens is 2. The maximum atomic E-state index is 12.9. The van der Waals surface area contributed by atoms with Crippen LogP contribution in [0.4, 0.5) is 13.2 Å². The minimum Gasteiger partial charge on any atom is -0.350 e. The Morgan fingerprint density at radius 1 is 1.27 bits per heavy atom. The first kappa shape index (κ1) is 20.4. The molecular formula is C21H23F3N4O2. The van der Waals surface area contributed by atoms with Crippen molar-refractivity contribution in [3.05, 3.63) is 52.3 Å². The molecule has 1 atom stereocenters. The van der Waals surface area contributed by atoms with Gasteiger partial charge >= 0.3 is 6.18 Å². The summed E-state index contributed by atoms with van der Waals surface area (Å²) in [5.74, 6) is -0.701. The molecule has 160 valence electrons. The largest absolute Gasteiger partial charge is 0.416 e. The molecule has 0 unspecified atom stereocenters. The monoisotopic (exact) mass is 420 g/mol. The molecule has 0 bridgehead atoms. The molecule has 4 rings (SSSR count). The molecule has 6 nitrogen and oxygen atoms in total. The fourth-order valence-electron chi connectivity index (χ4n) is 4.20. The molecule has 1 aromatic carbocycles. The van der Waals surface area contributed by atoms with Crippen LogP contribution in [0.25, 0.3) is 0 Å². The van der Waals surface area contributed by atoms with Gasteiger partial charge in [-0.3, -0.25) is 14.7 Å². The highest BCUT2D eigenvalue weighted by atomic mass is 19.4. The van der Waals surface area contributed by atoms with Crippen LogP contribution in [0.1, 0.15) is 47.3 Å². The number of fused-ring (bicyclic) bond motifs is 1. The van der Waals surface area contributed by atoms with E-state index in [1.165, 1.54) is 16.5 Å². The Morgan fingerprint density at radius 2 is 2.10 bits per heavy atom. The van der Waals surface area contributed by atoms with E-state index in [0.717, 1.165) is 42.8 Å². The summed E-state index contributed by atoms with van der Waals surface area (Å²) in [5, 5.41) is 10.2. The number of piperidine rings is 1. The number of hydrogen-bond donors (Lipinski definition) is 2. The Kier molecular flexibility index (Phi) is 5.53. The third-order valence-electron chi connectivity index (χ3n) is 5.82. The fraction of sp³-hybridized carbons (Fsp3) is 0.476. The second kappa shape index (κ2) is 8.12. The number of aromatic amines is 1. The van der Waals surface area contributed by atoms with Gasteiger partial charge in [-0.15, -0.1) is 0 Å². The number of hydrogen-bond acceptors (Lipinski definition) is 3. The minimum atomic E-state index is -4.43. The van der Waals surface area contributed by atoms with Crippen molar-refractivity contribution in [1.82, 2.24) is 20.4 Å². The summed E-state index contributed by atoms with van der Waals surface area (Å²) in [6.45, 7) is 0.585. The van der Waals surface area contributed by atoms with Crippen LogP contribution in [-0.2, 0) is 41.7 Å². The molecule has 9 heteroatoms. The zero-order valence-corrected chi connectivity index (χ0v) is 16.4. The van der Waals surface area contributed by atoms with Crippen LogP contribution in [0.15, 0.2) is 24.3 Å². The molecule has 1 aliphatic heterocycles. The summed E-state index contributed by atoms with van der Waals surface area (Å²) >= 11 is 0. The summed E-state index contributed by atoms with van der Waals surface area (Å²) in [4.78, 5) is 26.4. The molecule has 2 N–H and O–H groups in total. The Hall–Kier alpha value is -2.84. The number of likely N-dealkylation sites (tertiary alicyclic amines) is 1. The number of nitrogens with one attached hydrogen (secondary N) is 2. The first-order chi connectivity index (χ1) is 14.3. The maximum Gasteiger partial charge on any atom is 0.416 e. The van der Waals surface area contributed by atoms with Gasteiger partial charge < -0.3 is 10.2 Å². The Morgan fingerprint density at radius 3 is 2.90 bits per heavy atom. The van der Waals surface area contributed by atoms with Gasteiger partial charge in [-0.25, -0.2) is 0 Å². The van der Waals surface area contributed by atoms with E-state index in [2.05, 4.69) is 15.5 Å². The highest BCUT2D eigenvalue weighted by Crippen LogP contribution is 2.30. The topological polar surface area (TPSA) is 78.1 Å². The number of carbonyl (C=O) groups excluding carboxylic acids is 2. The molecule has 0 spiro atoms. The standard InChI is InChI=1S/C21H23F3N4O2/c22-21(23,24)15-4-1-3-13(9-15)11-28-12-14(7-8-19(28)29)20(30)25-10-18-16-5-2-6-17(16)26-27-18/h1,3-4,9,14H,2,5-8,10-12H2,(H,25,30)(H,26,27)/t14-/m0/s1. The van der Waals surface area contributed by atoms with Gasteiger partial charge in [-0.1, -0.05) is 12.1 Å². The molecule has 1 saturated heterocycles. The summed E-state index contributed by atoms with van der Waals surface area (Å²) in [5.41, 5.74) is 2.82. The van der Waals surface area contributed by atoms with Crippen LogP contribution in [0.5, 0.6) is 0 Å². The minimum absolute atomic E-state index is 0.0550. The summed E-state index contributed by atoms with van der Waals surface area (Å²) in [7, 11) is 0. The molecule has 30 heavy (non-hydrogen) atoms. The lowest BCUT2D eigenvalue weighted by molar-refractivity contribution is -0.139. The van der Waals surface area contributed by atoms with Crippen LogP contribution in [0.2, 0.25) is 0 Å². The zero-order valence-electron chi connectivity index (χ0n) is 16.4. The average Bonchev–Trinajstić information content (AvgIpc) is 3.32. The smallest absolute Gasteiger partial charge is 0.350 e. The van der Waals surface area contributed by atoms with Crippen molar-refractivity contribution in [1.29, 1.82) is 0 Å². The van der Waals surface area contributed by atoms with Gasteiger partial charge in [0, 0.05) is 25.2 Å². The van der Waals surface area contributed by atoms with E-state index in [9.17, 15) is 22.8 Å². The van der Waals surface area contributed by atoms with E-state index in [4.69, 9.17) is 0 Å². The molecule has 2 aliphatic rings. The molecule has 0 saturated carbocycles. The number of nitrogens with zero attached hydrogens (tertiary/aromatic N) is 2. The number of halogens is 3. The predicted octanol–water partition coefficient (Wildman–Crippen LogP) is 2.97. The van der Waals surface area contributed by atoms with E-state index < -0.39 is 11.7 Å². The van der Waals surface area contributed by atoms with E-state index in [-0.39, 0.29) is 37.2 Å². The third-order valence-corrected chi connectivity index (χ3v) is 5.82. The third kappa shape index (κ3) is 4.34. The van der Waals surface area contributed by atoms with Crippen LogP contribution in [0.3, 0.4) is 0 Å². The van der Waals surface area contributed by atoms with Gasteiger partial charge in [-0.2, -0.15) is 18.3 Å². The van der Waals surface area contributed by atoms with Crippen LogP contribution in [0, 0.1) is 5.92 Å². The van der Waals surface area contributed by atoms with Crippen LogP contribution in [-0.4, -0.2) is 33.5 Å². The predicted molar refractivity (Wildman–Crippen MR) is 102 cm³/mol. The molecule has 2 aromatic rings. The van der Waals surface area contributed by atoms with Gasteiger partial charge in [0.25, 0.3) is 0 Å². The molecular weight excluding hydrogens is 397 g/mol. The average molecular weight is 420 g/mol. The van der Waals surface area contributed by atoms with Gasteiger partial charge in [0.15, 0.2) is 0 Å². The Balaban J connectivity index is 1.37. The number of H-pyrrole nitrogens is 1. The van der Waals surface area contributed by atoms with Crippen molar-refractivity contribution >= 4 is 11.8 Å². The molecule has 1 fully saturated rings. The fourth-order valence-corrected chi connectivity index (χ4v) is 4.20. The summed E-state index contributed by atoms with van der Waals surface area (Å²) < 4.78 is 38.8. The van der Waals surface area contributed by atoms with Gasteiger partial charge in [0.1, 0.15) is 0 Å². The molecule has 2 amide bonds. The first-order valence-corrected chi connectivity index (χ1v) is 10.1. The lowest BCUT2D eigenvalue weighted by Gasteiger charge is -2.32. The number of benzene rings is 1. The van der Waals surface area contributed by atoms with Gasteiger partial charge in [0.05, 0.1) is 23.7 Å². The Labute approximate surface area is 171 Å². The van der Waals surface area contributed by atoms with Crippen molar-refractivity contribution in [2.45, 2.75) is 51.4 Å². The number of alkyl halides is 3. The van der Waals surface area contributed by atoms with Crippen molar-refractivity contribution in [3.8, 4) is 0 Å². The van der Waals surface area contributed by atoms with E-state index in [1.54, 1.807) is 6.07 Å². The first-order valence-electron chi connectivity index (χ1n) is 10.1. The van der Waals surface area contributed by atoms with Gasteiger partial charge in [-0.05, 0) is 48.9 Å². The zero-order chi connectivity index (χ0) is 21.3. The van der Waals surface area contributed by atoms with Crippen molar-refractivity contribution in [3.63, 3.8) is 0 Å². The van der Waals surface area contributed by atoms with Crippen molar-refractivity contribution in [2.75, 3.05) is 6.54 Å². The van der Waals surface area contributed by atoms with E-state index >= 15 is 0 Å². The SMILES string of the molecule is O=C(NCc1n[nH]c2c1CCC2)[C@H]1CCC(=O)N(Cc2cccc(C(F)(F)F)c2)C1. The number of carbonyl (C=O) groups is 2. The summed E-state index contributed by atoms with van der Waals surface area (Å²) in [6.07, 6.45) is -0.779. The van der Waals surface area contributed by atoms with Crippen LogP contribution >= 0.6 is 0 Å². The Bertz CT molecular complexity index is 954. The molecule has 0 radical (unpaired) electrons. The van der Waals surface area contributed by atoms with Crippen molar-refractivity contribution in [2.24, 2.45) is 5.92 Å². The van der Waals surface area contributed by atoms with E-state index in [0.29, 0.717) is 18.5 Å². The molecule has 2 heterocycles. The normalized spacial score (nSPS) is 19.1. The highest BCUT2D eigenvalue weighted by molar-refractivity contribution is 5.83. The lowest BCUT2D eigenvalue weighted by atomic mass is 9.96.